The van der Waals surface area contributed by atoms with Crippen molar-refractivity contribution in [2.45, 2.75) is 20.4 Å². The molecule has 6 heteroatoms. The van der Waals surface area contributed by atoms with Crippen molar-refractivity contribution < 1.29 is 14.5 Å². The number of quaternary nitrogens is 1. The van der Waals surface area contributed by atoms with Crippen LogP contribution >= 0.6 is 0 Å². The first-order chi connectivity index (χ1) is 16.5. The summed E-state index contributed by atoms with van der Waals surface area (Å²) in [6.45, 7) is 8.72. The number of piperazine rings is 1. The molecule has 174 valence electrons. The van der Waals surface area contributed by atoms with Crippen molar-refractivity contribution in [2.75, 3.05) is 42.9 Å². The Labute approximate surface area is 199 Å². The SMILES string of the molecule is CCn1c2ccccc2c2cc(NC(=O)C[NH+]3CCN(c4ccc(C(C)=O)cc4)CC3)ccc21. The molecule has 0 spiro atoms. The lowest BCUT2D eigenvalue weighted by Gasteiger charge is -2.33. The van der Waals surface area contributed by atoms with Crippen molar-refractivity contribution in [3.63, 3.8) is 0 Å². The highest BCUT2D eigenvalue weighted by atomic mass is 16.2. The Morgan fingerprint density at radius 3 is 2.32 bits per heavy atom. The molecule has 1 aliphatic rings. The van der Waals surface area contributed by atoms with Crippen LogP contribution in [-0.2, 0) is 11.3 Å². The van der Waals surface area contributed by atoms with Gasteiger partial charge in [0.25, 0.3) is 5.91 Å². The van der Waals surface area contributed by atoms with E-state index >= 15 is 0 Å². The number of hydrogen-bond donors (Lipinski definition) is 2. The second-order valence-electron chi connectivity index (χ2n) is 9.06. The minimum Gasteiger partial charge on any atom is -0.360 e. The summed E-state index contributed by atoms with van der Waals surface area (Å²) in [7, 11) is 0. The summed E-state index contributed by atoms with van der Waals surface area (Å²) in [6.07, 6.45) is 0. The van der Waals surface area contributed by atoms with Gasteiger partial charge in [-0.05, 0) is 62.4 Å². The molecule has 0 saturated carbocycles. The predicted octanol–water partition coefficient (Wildman–Crippen LogP) is 3.36. The van der Waals surface area contributed by atoms with E-state index in [0.29, 0.717) is 6.54 Å². The molecule has 4 aromatic rings. The first-order valence-corrected chi connectivity index (χ1v) is 12.0. The lowest BCUT2D eigenvalue weighted by atomic mass is 10.1. The first kappa shape index (κ1) is 22.2. The van der Waals surface area contributed by atoms with Crippen LogP contribution in [0.15, 0.2) is 66.7 Å². The Hall–Kier alpha value is -3.64. The number of nitrogens with zero attached hydrogens (tertiary/aromatic N) is 2. The third kappa shape index (κ3) is 4.29. The molecule has 1 saturated heterocycles. The van der Waals surface area contributed by atoms with Gasteiger partial charge in [0, 0.05) is 45.3 Å². The van der Waals surface area contributed by atoms with Gasteiger partial charge in [0.15, 0.2) is 12.3 Å². The third-order valence-electron chi connectivity index (χ3n) is 6.89. The molecular weight excluding hydrogens is 424 g/mol. The van der Waals surface area contributed by atoms with Crippen molar-refractivity contribution in [3.05, 3.63) is 72.3 Å². The Kier molecular flexibility index (Phi) is 6.07. The standard InChI is InChI=1S/C28H30N4O2/c1-3-32-26-7-5-4-6-24(26)25-18-22(10-13-27(25)32)29-28(34)19-30-14-16-31(17-15-30)23-11-8-21(9-12-23)20(2)33/h4-13,18H,3,14-17,19H2,1-2H3,(H,29,34)/p+1. The summed E-state index contributed by atoms with van der Waals surface area (Å²) in [5.41, 5.74) is 5.14. The van der Waals surface area contributed by atoms with Gasteiger partial charge in [0.1, 0.15) is 0 Å². The normalized spacial score (nSPS) is 14.6. The van der Waals surface area contributed by atoms with Gasteiger partial charge in [0.2, 0.25) is 0 Å². The molecule has 6 nitrogen and oxygen atoms in total. The van der Waals surface area contributed by atoms with Crippen LogP contribution in [0.5, 0.6) is 0 Å². The summed E-state index contributed by atoms with van der Waals surface area (Å²) < 4.78 is 2.31. The van der Waals surface area contributed by atoms with Crippen molar-refractivity contribution in [1.82, 2.24) is 4.57 Å². The molecule has 0 atom stereocenters. The van der Waals surface area contributed by atoms with Gasteiger partial charge in [-0.15, -0.1) is 0 Å². The number of nitrogens with one attached hydrogen (secondary N) is 2. The summed E-state index contributed by atoms with van der Waals surface area (Å²) in [5, 5.41) is 5.51. The van der Waals surface area contributed by atoms with E-state index in [1.54, 1.807) is 6.92 Å². The predicted molar refractivity (Wildman–Crippen MR) is 138 cm³/mol. The van der Waals surface area contributed by atoms with E-state index < -0.39 is 0 Å². The number of anilines is 2. The van der Waals surface area contributed by atoms with Gasteiger partial charge in [0.05, 0.1) is 26.2 Å². The van der Waals surface area contributed by atoms with Crippen LogP contribution in [0.2, 0.25) is 0 Å². The minimum absolute atomic E-state index is 0.0489. The molecule has 1 aliphatic heterocycles. The molecule has 0 unspecified atom stereocenters. The number of amides is 1. The lowest BCUT2D eigenvalue weighted by molar-refractivity contribution is -0.892. The molecule has 2 heterocycles. The molecule has 5 rings (SSSR count). The first-order valence-electron chi connectivity index (χ1n) is 12.0. The highest BCUT2D eigenvalue weighted by Crippen LogP contribution is 2.30. The number of fused-ring (bicyclic) bond motifs is 3. The Morgan fingerprint density at radius 1 is 0.912 bits per heavy atom. The third-order valence-corrected chi connectivity index (χ3v) is 6.89. The summed E-state index contributed by atoms with van der Waals surface area (Å²) in [4.78, 5) is 27.9. The van der Waals surface area contributed by atoms with Gasteiger partial charge >= 0.3 is 0 Å². The van der Waals surface area contributed by atoms with Crippen LogP contribution in [-0.4, -0.2) is 49.0 Å². The quantitative estimate of drug-likeness (QED) is 0.439. The second kappa shape index (κ2) is 9.31. The van der Waals surface area contributed by atoms with Gasteiger partial charge in [-0.2, -0.15) is 0 Å². The number of para-hydroxylation sites is 1. The topological polar surface area (TPSA) is 58.8 Å². The number of Topliss-reactive ketones (excluding diaryl/α,β-unsaturated/α-hetero) is 1. The molecule has 1 amide bonds. The Morgan fingerprint density at radius 2 is 1.62 bits per heavy atom. The van der Waals surface area contributed by atoms with Crippen LogP contribution in [0.1, 0.15) is 24.2 Å². The fourth-order valence-corrected chi connectivity index (χ4v) is 5.07. The van der Waals surface area contributed by atoms with Crippen molar-refractivity contribution in [3.8, 4) is 0 Å². The van der Waals surface area contributed by atoms with E-state index in [1.807, 2.05) is 30.3 Å². The maximum atomic E-state index is 12.8. The average molecular weight is 456 g/mol. The fourth-order valence-electron chi connectivity index (χ4n) is 5.07. The van der Waals surface area contributed by atoms with Gasteiger partial charge in [-0.3, -0.25) is 9.59 Å². The molecular formula is C28H31N4O2+. The fraction of sp³-hybridized carbons (Fsp3) is 0.286. The van der Waals surface area contributed by atoms with E-state index in [9.17, 15) is 9.59 Å². The number of carbonyl (C=O) groups is 2. The van der Waals surface area contributed by atoms with Crippen LogP contribution in [0, 0.1) is 0 Å². The summed E-state index contributed by atoms with van der Waals surface area (Å²) in [5.74, 6) is 0.134. The van der Waals surface area contributed by atoms with E-state index in [0.717, 1.165) is 49.7 Å². The zero-order valence-corrected chi connectivity index (χ0v) is 19.8. The molecule has 3 aromatic carbocycles. The van der Waals surface area contributed by atoms with E-state index in [2.05, 4.69) is 58.1 Å². The second-order valence-corrected chi connectivity index (χ2v) is 9.06. The maximum absolute atomic E-state index is 12.8. The van der Waals surface area contributed by atoms with Crippen LogP contribution < -0.4 is 15.1 Å². The maximum Gasteiger partial charge on any atom is 0.279 e. The van der Waals surface area contributed by atoms with Gasteiger partial charge in [-0.1, -0.05) is 18.2 Å². The van der Waals surface area contributed by atoms with Crippen molar-refractivity contribution >= 4 is 44.9 Å². The zero-order valence-electron chi connectivity index (χ0n) is 19.8. The molecule has 0 aliphatic carbocycles. The number of hydrogen-bond acceptors (Lipinski definition) is 3. The lowest BCUT2D eigenvalue weighted by Crippen LogP contribution is -3.15. The van der Waals surface area contributed by atoms with Crippen LogP contribution in [0.4, 0.5) is 11.4 Å². The zero-order chi connectivity index (χ0) is 23.7. The van der Waals surface area contributed by atoms with Gasteiger partial charge in [-0.25, -0.2) is 0 Å². The molecule has 2 N–H and O–H groups in total. The number of ketones is 1. The number of aromatic nitrogens is 1. The van der Waals surface area contributed by atoms with E-state index in [-0.39, 0.29) is 11.7 Å². The number of carbonyl (C=O) groups excluding carboxylic acids is 2. The number of aryl methyl sites for hydroxylation is 1. The summed E-state index contributed by atoms with van der Waals surface area (Å²) in [6, 6.07) is 22.4. The molecule has 1 aromatic heterocycles. The highest BCUT2D eigenvalue weighted by molar-refractivity contribution is 6.09. The Balaban J connectivity index is 1.21. The minimum atomic E-state index is 0.0489. The largest absolute Gasteiger partial charge is 0.360 e. The van der Waals surface area contributed by atoms with Crippen LogP contribution in [0.25, 0.3) is 21.8 Å². The molecule has 0 radical (unpaired) electrons. The van der Waals surface area contributed by atoms with Crippen molar-refractivity contribution in [1.29, 1.82) is 0 Å². The highest BCUT2D eigenvalue weighted by Gasteiger charge is 2.22. The summed E-state index contributed by atoms with van der Waals surface area (Å²) >= 11 is 0. The van der Waals surface area contributed by atoms with E-state index in [4.69, 9.17) is 0 Å². The van der Waals surface area contributed by atoms with E-state index in [1.165, 1.54) is 26.7 Å². The Bertz CT molecular complexity index is 1350. The van der Waals surface area contributed by atoms with Crippen LogP contribution in [0.3, 0.4) is 0 Å². The van der Waals surface area contributed by atoms with Gasteiger partial charge < -0.3 is 19.7 Å². The molecule has 34 heavy (non-hydrogen) atoms. The number of benzene rings is 3. The van der Waals surface area contributed by atoms with Crippen molar-refractivity contribution in [2.24, 2.45) is 0 Å². The average Bonchev–Trinajstić information content (AvgIpc) is 3.17. The molecule has 1 fully saturated rings. The number of rotatable bonds is 6. The molecule has 0 bridgehead atoms. The smallest absolute Gasteiger partial charge is 0.279 e. The monoisotopic (exact) mass is 455 g/mol.